The summed E-state index contributed by atoms with van der Waals surface area (Å²) in [4.78, 5) is 20.6. The molecule has 0 radical (unpaired) electrons. The van der Waals surface area contributed by atoms with Crippen molar-refractivity contribution in [1.29, 1.82) is 0 Å². The van der Waals surface area contributed by atoms with Crippen molar-refractivity contribution in [2.75, 3.05) is 37.5 Å². The number of anilines is 2. The van der Waals surface area contributed by atoms with Crippen LogP contribution in [0.2, 0.25) is 0 Å². The summed E-state index contributed by atoms with van der Waals surface area (Å²) >= 11 is 0. The number of hydrogen-bond donors (Lipinski definition) is 2. The summed E-state index contributed by atoms with van der Waals surface area (Å²) in [6.45, 7) is 3.80. The normalized spacial score (nSPS) is 10.2. The van der Waals surface area contributed by atoms with Gasteiger partial charge < -0.3 is 20.1 Å². The lowest BCUT2D eigenvalue weighted by Crippen LogP contribution is -2.14. The van der Waals surface area contributed by atoms with E-state index in [4.69, 9.17) is 9.47 Å². The van der Waals surface area contributed by atoms with Crippen LogP contribution in [0, 0.1) is 0 Å². The van der Waals surface area contributed by atoms with E-state index in [-0.39, 0.29) is 5.91 Å². The average Bonchev–Trinajstić information content (AvgIpc) is 2.61. The minimum atomic E-state index is -0.284. The van der Waals surface area contributed by atoms with E-state index in [0.29, 0.717) is 42.7 Å². The van der Waals surface area contributed by atoms with E-state index in [0.717, 1.165) is 6.42 Å². The summed E-state index contributed by atoms with van der Waals surface area (Å²) in [6.07, 6.45) is 3.84. The number of hydrogen-bond acceptors (Lipinski definition) is 6. The third-order valence-electron chi connectivity index (χ3n) is 3.16. The van der Waals surface area contributed by atoms with Crippen LogP contribution in [0.1, 0.15) is 23.7 Å². The van der Waals surface area contributed by atoms with Crippen LogP contribution in [0.5, 0.6) is 5.75 Å². The number of carbonyl (C=O) groups is 1. The van der Waals surface area contributed by atoms with E-state index >= 15 is 0 Å². The zero-order chi connectivity index (χ0) is 17.2. The zero-order valence-electron chi connectivity index (χ0n) is 13.9. The van der Waals surface area contributed by atoms with Gasteiger partial charge in [0.15, 0.2) is 0 Å². The fourth-order valence-electron chi connectivity index (χ4n) is 2.00. The third-order valence-corrected chi connectivity index (χ3v) is 3.16. The lowest BCUT2D eigenvalue weighted by molar-refractivity contribution is 0.102. The van der Waals surface area contributed by atoms with Crippen molar-refractivity contribution in [3.63, 3.8) is 0 Å². The highest BCUT2D eigenvalue weighted by atomic mass is 16.5. The third kappa shape index (κ3) is 5.20. The first-order chi connectivity index (χ1) is 11.7. The molecular formula is C17H22N4O3. The Kier molecular flexibility index (Phi) is 6.97. The van der Waals surface area contributed by atoms with Crippen molar-refractivity contribution >= 4 is 17.5 Å². The maximum atomic E-state index is 12.3. The molecule has 24 heavy (non-hydrogen) atoms. The summed E-state index contributed by atoms with van der Waals surface area (Å²) in [5.74, 6) is 0.830. The smallest absolute Gasteiger partial charge is 0.258 e. The molecule has 2 aromatic rings. The van der Waals surface area contributed by atoms with Crippen LogP contribution in [0.15, 0.2) is 36.7 Å². The molecule has 0 fully saturated rings. The van der Waals surface area contributed by atoms with Crippen LogP contribution >= 0.6 is 0 Å². The van der Waals surface area contributed by atoms with Crippen molar-refractivity contribution in [3.8, 4) is 5.75 Å². The van der Waals surface area contributed by atoms with Crippen molar-refractivity contribution in [1.82, 2.24) is 9.97 Å². The summed E-state index contributed by atoms with van der Waals surface area (Å²) < 4.78 is 10.5. The second-order valence-electron chi connectivity index (χ2n) is 4.95. The Bertz CT molecular complexity index is 647. The lowest BCUT2D eigenvalue weighted by Gasteiger charge is -2.11. The lowest BCUT2D eigenvalue weighted by atomic mass is 10.2. The fourth-order valence-corrected chi connectivity index (χ4v) is 2.00. The van der Waals surface area contributed by atoms with Crippen molar-refractivity contribution < 1.29 is 14.3 Å². The van der Waals surface area contributed by atoms with Gasteiger partial charge in [0.1, 0.15) is 5.75 Å². The molecule has 0 saturated heterocycles. The molecule has 2 N–H and O–H groups in total. The van der Waals surface area contributed by atoms with Crippen LogP contribution in [0.3, 0.4) is 0 Å². The van der Waals surface area contributed by atoms with E-state index in [9.17, 15) is 4.79 Å². The summed E-state index contributed by atoms with van der Waals surface area (Å²) in [5.41, 5.74) is 0.995. The van der Waals surface area contributed by atoms with Gasteiger partial charge in [0.2, 0.25) is 5.95 Å². The molecule has 0 unspecified atom stereocenters. The maximum absolute atomic E-state index is 12.3. The van der Waals surface area contributed by atoms with Crippen LogP contribution in [-0.4, -0.2) is 42.7 Å². The molecule has 0 aliphatic carbocycles. The van der Waals surface area contributed by atoms with Crippen molar-refractivity contribution in [3.05, 3.63) is 42.2 Å². The Morgan fingerprint density at radius 1 is 1.21 bits per heavy atom. The topological polar surface area (TPSA) is 85.4 Å². The Morgan fingerprint density at radius 3 is 2.67 bits per heavy atom. The van der Waals surface area contributed by atoms with Gasteiger partial charge in [-0.05, 0) is 25.5 Å². The van der Waals surface area contributed by atoms with Crippen molar-refractivity contribution in [2.45, 2.75) is 13.3 Å². The van der Waals surface area contributed by atoms with Crippen molar-refractivity contribution in [2.24, 2.45) is 0 Å². The second-order valence-corrected chi connectivity index (χ2v) is 4.95. The molecule has 7 heteroatoms. The van der Waals surface area contributed by atoms with Gasteiger partial charge >= 0.3 is 0 Å². The molecule has 0 bridgehead atoms. The number of ether oxygens (including phenoxy) is 2. The van der Waals surface area contributed by atoms with Gasteiger partial charge in [-0.2, -0.15) is 0 Å². The molecule has 1 aromatic heterocycles. The average molecular weight is 330 g/mol. The quantitative estimate of drug-likeness (QED) is 0.687. The number of nitrogens with one attached hydrogen (secondary N) is 2. The molecule has 1 amide bonds. The predicted octanol–water partition coefficient (Wildman–Crippen LogP) is 2.58. The Labute approximate surface area is 141 Å². The van der Waals surface area contributed by atoms with E-state index in [2.05, 4.69) is 20.6 Å². The van der Waals surface area contributed by atoms with E-state index in [1.54, 1.807) is 13.2 Å². The molecule has 1 heterocycles. The largest absolute Gasteiger partial charge is 0.492 e. The summed E-state index contributed by atoms with van der Waals surface area (Å²) in [5, 5.41) is 5.88. The Balaban J connectivity index is 1.95. The second kappa shape index (κ2) is 9.46. The minimum Gasteiger partial charge on any atom is -0.492 e. The van der Waals surface area contributed by atoms with E-state index in [1.165, 1.54) is 12.4 Å². The highest BCUT2D eigenvalue weighted by molar-refractivity contribution is 6.04. The number of aromatic nitrogens is 2. The predicted molar refractivity (Wildman–Crippen MR) is 92.6 cm³/mol. The monoisotopic (exact) mass is 330 g/mol. The van der Waals surface area contributed by atoms with Crippen LogP contribution < -0.4 is 15.4 Å². The first kappa shape index (κ1) is 17.7. The van der Waals surface area contributed by atoms with Crippen LogP contribution in [-0.2, 0) is 4.74 Å². The molecule has 2 rings (SSSR count). The molecule has 0 spiro atoms. The van der Waals surface area contributed by atoms with Gasteiger partial charge in [-0.1, -0.05) is 12.1 Å². The number of nitrogens with zero attached hydrogens (tertiary/aromatic N) is 2. The van der Waals surface area contributed by atoms with Crippen LogP contribution in [0.4, 0.5) is 11.6 Å². The number of benzene rings is 1. The van der Waals surface area contributed by atoms with E-state index < -0.39 is 0 Å². The SMILES string of the molecule is CCOc1ccccc1NC(=O)c1cnc(NCCCOC)nc1. The summed E-state index contributed by atoms with van der Waals surface area (Å²) in [7, 11) is 1.66. The molecule has 0 atom stereocenters. The molecule has 0 aliphatic rings. The minimum absolute atomic E-state index is 0.284. The maximum Gasteiger partial charge on any atom is 0.258 e. The Hall–Kier alpha value is -2.67. The number of amides is 1. The first-order valence-electron chi connectivity index (χ1n) is 7.82. The number of para-hydroxylation sites is 2. The molecule has 0 aliphatic heterocycles. The summed E-state index contributed by atoms with van der Waals surface area (Å²) in [6, 6.07) is 7.29. The first-order valence-corrected chi connectivity index (χ1v) is 7.82. The highest BCUT2D eigenvalue weighted by Crippen LogP contribution is 2.24. The van der Waals surface area contributed by atoms with Crippen LogP contribution in [0.25, 0.3) is 0 Å². The molecule has 7 nitrogen and oxygen atoms in total. The number of rotatable bonds is 9. The highest BCUT2D eigenvalue weighted by Gasteiger charge is 2.10. The van der Waals surface area contributed by atoms with Gasteiger partial charge in [-0.15, -0.1) is 0 Å². The van der Waals surface area contributed by atoms with Gasteiger partial charge in [-0.25, -0.2) is 9.97 Å². The number of methoxy groups -OCH3 is 1. The fraction of sp³-hybridized carbons (Fsp3) is 0.353. The van der Waals surface area contributed by atoms with Gasteiger partial charge in [0.05, 0.1) is 17.9 Å². The Morgan fingerprint density at radius 2 is 1.96 bits per heavy atom. The molecule has 128 valence electrons. The van der Waals surface area contributed by atoms with Gasteiger partial charge in [-0.3, -0.25) is 4.79 Å². The molecule has 0 saturated carbocycles. The van der Waals surface area contributed by atoms with E-state index in [1.807, 2.05) is 25.1 Å². The zero-order valence-corrected chi connectivity index (χ0v) is 13.9. The number of carbonyl (C=O) groups excluding carboxylic acids is 1. The standard InChI is InChI=1S/C17H22N4O3/c1-3-24-15-8-5-4-7-14(15)21-16(22)13-11-19-17(20-12-13)18-9-6-10-23-2/h4-5,7-8,11-12H,3,6,9-10H2,1-2H3,(H,21,22)(H,18,19,20). The molecule has 1 aromatic carbocycles. The van der Waals surface area contributed by atoms with Gasteiger partial charge in [0.25, 0.3) is 5.91 Å². The van der Waals surface area contributed by atoms with Gasteiger partial charge in [0, 0.05) is 32.7 Å². The molecular weight excluding hydrogens is 308 g/mol.